The third kappa shape index (κ3) is 7.05. The number of carbonyl (C=O) groups excluding carboxylic acids is 2. The molecule has 1 aliphatic heterocycles. The summed E-state index contributed by atoms with van der Waals surface area (Å²) in [5.74, 6) is 1.71. The van der Waals surface area contributed by atoms with Gasteiger partial charge in [-0.2, -0.15) is 5.10 Å². The highest BCUT2D eigenvalue weighted by Crippen LogP contribution is 2.34. The van der Waals surface area contributed by atoms with Gasteiger partial charge in [0, 0.05) is 55.9 Å². The van der Waals surface area contributed by atoms with Crippen molar-refractivity contribution in [2.75, 3.05) is 31.1 Å². The van der Waals surface area contributed by atoms with Gasteiger partial charge >= 0.3 is 0 Å². The van der Waals surface area contributed by atoms with Gasteiger partial charge < -0.3 is 9.80 Å². The Morgan fingerprint density at radius 3 is 2.36 bits per heavy atom. The summed E-state index contributed by atoms with van der Waals surface area (Å²) in [7, 11) is 0. The number of aromatic nitrogens is 3. The molecule has 3 aromatic rings. The summed E-state index contributed by atoms with van der Waals surface area (Å²) >= 11 is 6.11. The average Bonchev–Trinajstić information content (AvgIpc) is 3.71. The third-order valence-electron chi connectivity index (χ3n) is 7.51. The normalized spacial score (nSPS) is 17.3. The maximum absolute atomic E-state index is 13.6. The van der Waals surface area contributed by atoms with Crippen LogP contribution in [0.5, 0.6) is 0 Å². The Kier molecular flexibility index (Phi) is 8.63. The van der Waals surface area contributed by atoms with E-state index in [2.05, 4.69) is 27.1 Å². The number of para-hydroxylation sites is 1. The Bertz CT molecular complexity index is 1300. The zero-order valence-corrected chi connectivity index (χ0v) is 23.6. The van der Waals surface area contributed by atoms with E-state index in [9.17, 15) is 9.59 Å². The molecule has 0 atom stereocenters. The minimum Gasteiger partial charge on any atom is -0.337 e. The zero-order valence-electron chi connectivity index (χ0n) is 22.9. The van der Waals surface area contributed by atoms with Crippen molar-refractivity contribution in [1.82, 2.24) is 24.6 Å². The Balaban J connectivity index is 1.41. The van der Waals surface area contributed by atoms with Crippen molar-refractivity contribution in [3.8, 4) is 0 Å². The number of nitrogens with zero attached hydrogens (tertiary/aromatic N) is 6. The molecule has 1 fully saturated rings. The molecule has 2 heterocycles. The van der Waals surface area contributed by atoms with E-state index >= 15 is 0 Å². The molecular formula is C30H37ClN6O2. The van der Waals surface area contributed by atoms with Crippen LogP contribution in [0.15, 0.2) is 48.5 Å². The summed E-state index contributed by atoms with van der Waals surface area (Å²) in [6, 6.07) is 16.0. The first-order chi connectivity index (χ1) is 18.9. The fourth-order valence-corrected chi connectivity index (χ4v) is 5.43. The molecule has 0 spiro atoms. The van der Waals surface area contributed by atoms with E-state index < -0.39 is 0 Å². The van der Waals surface area contributed by atoms with Crippen LogP contribution < -0.4 is 4.90 Å². The molecule has 8 nitrogen and oxygen atoms in total. The fraction of sp³-hybridized carbons (Fsp3) is 0.467. The van der Waals surface area contributed by atoms with Crippen LogP contribution >= 0.6 is 11.6 Å². The maximum Gasteiger partial charge on any atom is 0.244 e. The van der Waals surface area contributed by atoms with Gasteiger partial charge in [-0.05, 0) is 68.9 Å². The van der Waals surface area contributed by atoms with Gasteiger partial charge in [0.15, 0.2) is 0 Å². The second-order valence-electron chi connectivity index (χ2n) is 10.7. The van der Waals surface area contributed by atoms with Crippen LogP contribution in [0.2, 0.25) is 5.02 Å². The van der Waals surface area contributed by atoms with E-state index in [-0.39, 0.29) is 24.3 Å². The van der Waals surface area contributed by atoms with Gasteiger partial charge in [0.25, 0.3) is 0 Å². The first-order valence-electron chi connectivity index (χ1n) is 13.9. The summed E-state index contributed by atoms with van der Waals surface area (Å²) in [5, 5.41) is 5.14. The first kappa shape index (κ1) is 27.3. The van der Waals surface area contributed by atoms with Crippen LogP contribution in [-0.2, 0) is 29.2 Å². The number of carbonyl (C=O) groups is 2. The minimum atomic E-state index is -0.000756. The second kappa shape index (κ2) is 12.3. The Hall–Kier alpha value is -3.23. The average molecular weight is 549 g/mol. The molecule has 0 N–H and O–H groups in total. The van der Waals surface area contributed by atoms with E-state index in [0.29, 0.717) is 25.5 Å². The van der Waals surface area contributed by atoms with E-state index in [4.69, 9.17) is 11.6 Å². The van der Waals surface area contributed by atoms with Crippen molar-refractivity contribution >= 4 is 29.1 Å². The molecule has 1 saturated carbocycles. The Labute approximate surface area is 235 Å². The number of rotatable bonds is 5. The van der Waals surface area contributed by atoms with Crippen molar-refractivity contribution in [2.45, 2.75) is 59.2 Å². The lowest BCUT2D eigenvalue weighted by molar-refractivity contribution is -0.132. The topological polar surface area (TPSA) is 74.6 Å². The summed E-state index contributed by atoms with van der Waals surface area (Å²) in [6.45, 7) is 8.10. The molecule has 0 bridgehead atoms. The highest BCUT2D eigenvalue weighted by molar-refractivity contribution is 6.30. The fourth-order valence-electron chi connectivity index (χ4n) is 5.30. The van der Waals surface area contributed by atoms with Crippen LogP contribution in [-0.4, -0.2) is 62.6 Å². The lowest BCUT2D eigenvalue weighted by Gasteiger charge is -2.32. The largest absolute Gasteiger partial charge is 0.337 e. The molecule has 0 radical (unpaired) electrons. The SMILES string of the molecule is Cc1nc(C)n(CC(=O)N2CCCN(Cc3ccc(Cl)cc3)CCCN(C(=O)C3CC3)c3ccccc3C2)n1. The number of benzene rings is 2. The second-order valence-corrected chi connectivity index (χ2v) is 11.1. The standard InChI is InChI=1S/C30H37ClN6O2/c1-22-32-23(2)37(33-22)21-29(38)35-17-5-15-34(19-24-9-13-27(31)14-10-24)16-6-18-36(30(39)25-11-12-25)28-8-4-3-7-26(28)20-35/h3-4,7-10,13-14,25H,5-6,11-12,15-21H2,1-2H3. The monoisotopic (exact) mass is 548 g/mol. The quantitative estimate of drug-likeness (QED) is 0.465. The Morgan fingerprint density at radius 1 is 0.949 bits per heavy atom. The summed E-state index contributed by atoms with van der Waals surface area (Å²) in [6.07, 6.45) is 3.65. The number of halogens is 1. The van der Waals surface area contributed by atoms with Crippen molar-refractivity contribution in [2.24, 2.45) is 5.92 Å². The van der Waals surface area contributed by atoms with Crippen LogP contribution in [0.4, 0.5) is 5.69 Å². The third-order valence-corrected chi connectivity index (χ3v) is 7.77. The Morgan fingerprint density at radius 2 is 1.67 bits per heavy atom. The number of hydrogen-bond acceptors (Lipinski definition) is 5. The van der Waals surface area contributed by atoms with Crippen LogP contribution in [0.3, 0.4) is 0 Å². The summed E-state index contributed by atoms with van der Waals surface area (Å²) < 4.78 is 1.68. The minimum absolute atomic E-state index is 0.000756. The van der Waals surface area contributed by atoms with Gasteiger partial charge in [-0.15, -0.1) is 0 Å². The molecule has 2 amide bonds. The molecule has 39 heavy (non-hydrogen) atoms. The van der Waals surface area contributed by atoms with E-state index in [1.807, 2.05) is 60.0 Å². The van der Waals surface area contributed by atoms with Crippen molar-refractivity contribution < 1.29 is 9.59 Å². The van der Waals surface area contributed by atoms with Crippen molar-refractivity contribution in [3.63, 3.8) is 0 Å². The molecule has 0 saturated heterocycles. The van der Waals surface area contributed by atoms with Crippen LogP contribution in [0.1, 0.15) is 48.5 Å². The van der Waals surface area contributed by atoms with Gasteiger partial charge in [0.2, 0.25) is 11.8 Å². The van der Waals surface area contributed by atoms with E-state index in [0.717, 1.165) is 67.4 Å². The molecule has 5 rings (SSSR count). The number of hydrogen-bond donors (Lipinski definition) is 0. The molecular weight excluding hydrogens is 512 g/mol. The van der Waals surface area contributed by atoms with Gasteiger partial charge in [0.05, 0.1) is 0 Å². The molecule has 0 unspecified atom stereocenters. The van der Waals surface area contributed by atoms with E-state index in [1.54, 1.807) is 4.68 Å². The number of aryl methyl sites for hydroxylation is 2. The lowest BCUT2D eigenvalue weighted by atomic mass is 10.1. The van der Waals surface area contributed by atoms with Gasteiger partial charge in [-0.3, -0.25) is 14.5 Å². The van der Waals surface area contributed by atoms with Gasteiger partial charge in [-0.1, -0.05) is 41.9 Å². The number of amides is 2. The van der Waals surface area contributed by atoms with Gasteiger partial charge in [-0.25, -0.2) is 9.67 Å². The molecule has 1 aliphatic carbocycles. The lowest BCUT2D eigenvalue weighted by Crippen LogP contribution is -2.40. The van der Waals surface area contributed by atoms with Crippen LogP contribution in [0, 0.1) is 19.8 Å². The van der Waals surface area contributed by atoms with Gasteiger partial charge in [0.1, 0.15) is 18.2 Å². The predicted octanol–water partition coefficient (Wildman–Crippen LogP) is 4.62. The van der Waals surface area contributed by atoms with Crippen LogP contribution in [0.25, 0.3) is 0 Å². The zero-order chi connectivity index (χ0) is 27.4. The number of fused-ring (bicyclic) bond motifs is 1. The highest BCUT2D eigenvalue weighted by atomic mass is 35.5. The molecule has 2 aliphatic rings. The first-order valence-corrected chi connectivity index (χ1v) is 14.3. The summed E-state index contributed by atoms with van der Waals surface area (Å²) in [5.41, 5.74) is 3.13. The van der Waals surface area contributed by atoms with Crippen molar-refractivity contribution in [1.29, 1.82) is 0 Å². The molecule has 2 aromatic carbocycles. The molecule has 9 heteroatoms. The maximum atomic E-state index is 13.6. The van der Waals surface area contributed by atoms with E-state index in [1.165, 1.54) is 5.56 Å². The number of anilines is 1. The predicted molar refractivity (Wildman–Crippen MR) is 152 cm³/mol. The molecule has 206 valence electrons. The van der Waals surface area contributed by atoms with Crippen molar-refractivity contribution in [3.05, 3.63) is 76.3 Å². The highest BCUT2D eigenvalue weighted by Gasteiger charge is 2.35. The summed E-state index contributed by atoms with van der Waals surface area (Å²) in [4.78, 5) is 37.7. The molecule has 1 aromatic heterocycles. The smallest absolute Gasteiger partial charge is 0.244 e.